The predicted molar refractivity (Wildman–Crippen MR) is 55.6 cm³/mol. The van der Waals surface area contributed by atoms with Crippen LogP contribution in [0.2, 0.25) is 0 Å². The van der Waals surface area contributed by atoms with Crippen molar-refractivity contribution in [1.29, 1.82) is 0 Å². The molecule has 0 aromatic carbocycles. The molecule has 0 aromatic rings. The maximum Gasteiger partial charge on any atom is 0.308 e. The van der Waals surface area contributed by atoms with E-state index in [0.717, 1.165) is 0 Å². The quantitative estimate of drug-likeness (QED) is 0.699. The van der Waals surface area contributed by atoms with E-state index >= 15 is 0 Å². The van der Waals surface area contributed by atoms with E-state index in [0.29, 0.717) is 6.42 Å². The molecule has 1 heterocycles. The molecule has 1 saturated heterocycles. The van der Waals surface area contributed by atoms with Crippen LogP contribution >= 0.6 is 0 Å². The molecular weight excluding hydrogens is 212 g/mol. The molecule has 1 rings (SSSR count). The first-order valence-corrected chi connectivity index (χ1v) is 5.12. The normalized spacial score (nSPS) is 20.8. The minimum absolute atomic E-state index is 0.0321. The third-order valence-electron chi connectivity index (χ3n) is 2.67. The fourth-order valence-electron chi connectivity index (χ4n) is 1.57. The van der Waals surface area contributed by atoms with Crippen molar-refractivity contribution in [3.05, 3.63) is 0 Å². The Morgan fingerprint density at radius 1 is 1.50 bits per heavy atom. The van der Waals surface area contributed by atoms with Gasteiger partial charge < -0.3 is 14.9 Å². The molecular formula is C10H16N2O4. The Balaban J connectivity index is 2.60. The first-order valence-electron chi connectivity index (χ1n) is 5.12. The zero-order valence-electron chi connectivity index (χ0n) is 9.47. The van der Waals surface area contributed by atoms with E-state index in [1.807, 2.05) is 0 Å². The molecule has 0 saturated carbocycles. The minimum atomic E-state index is -0.908. The number of nitrogens with zero attached hydrogens (tertiary/aromatic N) is 2. The summed E-state index contributed by atoms with van der Waals surface area (Å²) in [5.74, 6) is -1.80. The summed E-state index contributed by atoms with van der Waals surface area (Å²) in [6, 6.07) is 0. The molecule has 2 amide bonds. The van der Waals surface area contributed by atoms with Crippen LogP contribution in [0.15, 0.2) is 0 Å². The van der Waals surface area contributed by atoms with E-state index in [2.05, 4.69) is 0 Å². The summed E-state index contributed by atoms with van der Waals surface area (Å²) in [6.07, 6.45) is 0.568. The number of likely N-dealkylation sites (tertiary alicyclic amines) is 1. The number of aliphatic carboxylic acids is 1. The summed E-state index contributed by atoms with van der Waals surface area (Å²) >= 11 is 0. The molecule has 0 aromatic heterocycles. The average Bonchev–Trinajstić information content (AvgIpc) is 2.20. The van der Waals surface area contributed by atoms with E-state index < -0.39 is 11.9 Å². The Labute approximate surface area is 93.8 Å². The molecule has 1 unspecified atom stereocenters. The molecule has 90 valence electrons. The number of carboxylic acids is 1. The average molecular weight is 228 g/mol. The number of likely N-dealkylation sites (N-methyl/N-ethyl adjacent to an activating group) is 1. The number of piperidine rings is 1. The van der Waals surface area contributed by atoms with E-state index in [1.165, 1.54) is 9.80 Å². The second-order valence-electron chi connectivity index (χ2n) is 4.14. The molecule has 1 fully saturated rings. The molecule has 0 bridgehead atoms. The van der Waals surface area contributed by atoms with Gasteiger partial charge in [-0.2, -0.15) is 0 Å². The standard InChI is InChI=1S/C10H16N2O4/c1-11(2)9(14)6-12-5-7(10(15)16)3-4-8(12)13/h7H,3-6H2,1-2H3,(H,15,16). The number of rotatable bonds is 3. The largest absolute Gasteiger partial charge is 0.481 e. The van der Waals surface area contributed by atoms with Gasteiger partial charge in [-0.3, -0.25) is 14.4 Å². The van der Waals surface area contributed by atoms with Gasteiger partial charge >= 0.3 is 5.97 Å². The van der Waals surface area contributed by atoms with Gasteiger partial charge in [0.1, 0.15) is 0 Å². The summed E-state index contributed by atoms with van der Waals surface area (Å²) in [7, 11) is 3.21. The molecule has 1 N–H and O–H groups in total. The van der Waals surface area contributed by atoms with Gasteiger partial charge in [-0.15, -0.1) is 0 Å². The van der Waals surface area contributed by atoms with Crippen LogP contribution in [0.5, 0.6) is 0 Å². The summed E-state index contributed by atoms with van der Waals surface area (Å²) in [6.45, 7) is 0.101. The Morgan fingerprint density at radius 3 is 2.62 bits per heavy atom. The lowest BCUT2D eigenvalue weighted by atomic mass is 9.98. The van der Waals surface area contributed by atoms with Gasteiger partial charge in [-0.1, -0.05) is 0 Å². The number of hydrogen-bond donors (Lipinski definition) is 1. The van der Waals surface area contributed by atoms with Crippen molar-refractivity contribution in [2.24, 2.45) is 5.92 Å². The van der Waals surface area contributed by atoms with Crippen LogP contribution in [0, 0.1) is 5.92 Å². The highest BCUT2D eigenvalue weighted by Crippen LogP contribution is 2.17. The molecule has 1 atom stereocenters. The van der Waals surface area contributed by atoms with E-state index in [-0.39, 0.29) is 31.3 Å². The van der Waals surface area contributed by atoms with Gasteiger partial charge in [0.25, 0.3) is 0 Å². The summed E-state index contributed by atoms with van der Waals surface area (Å²) < 4.78 is 0. The lowest BCUT2D eigenvalue weighted by molar-refractivity contribution is -0.150. The van der Waals surface area contributed by atoms with Crippen LogP contribution in [0.1, 0.15) is 12.8 Å². The number of amides is 2. The van der Waals surface area contributed by atoms with Gasteiger partial charge in [0.2, 0.25) is 11.8 Å². The van der Waals surface area contributed by atoms with Gasteiger partial charge in [-0.25, -0.2) is 0 Å². The highest BCUT2D eigenvalue weighted by atomic mass is 16.4. The summed E-state index contributed by atoms with van der Waals surface area (Å²) in [5.41, 5.74) is 0. The monoisotopic (exact) mass is 228 g/mol. The Morgan fingerprint density at radius 2 is 2.12 bits per heavy atom. The maximum absolute atomic E-state index is 11.5. The van der Waals surface area contributed by atoms with Crippen molar-refractivity contribution in [2.75, 3.05) is 27.2 Å². The van der Waals surface area contributed by atoms with Crippen LogP contribution in [-0.4, -0.2) is 59.9 Å². The van der Waals surface area contributed by atoms with E-state index in [9.17, 15) is 14.4 Å². The predicted octanol–water partition coefficient (Wildman–Crippen LogP) is -0.602. The molecule has 0 radical (unpaired) electrons. The minimum Gasteiger partial charge on any atom is -0.481 e. The van der Waals surface area contributed by atoms with E-state index in [4.69, 9.17) is 5.11 Å². The Hall–Kier alpha value is -1.59. The summed E-state index contributed by atoms with van der Waals surface area (Å²) in [5, 5.41) is 8.85. The van der Waals surface area contributed by atoms with Crippen LogP contribution in [0.3, 0.4) is 0 Å². The molecule has 1 aliphatic rings. The first-order chi connectivity index (χ1) is 7.41. The van der Waals surface area contributed by atoms with Gasteiger partial charge in [0.15, 0.2) is 0 Å². The van der Waals surface area contributed by atoms with Crippen LogP contribution in [0.25, 0.3) is 0 Å². The lowest BCUT2D eigenvalue weighted by Crippen LogP contribution is -2.47. The fraction of sp³-hybridized carbons (Fsp3) is 0.700. The fourth-order valence-corrected chi connectivity index (χ4v) is 1.57. The van der Waals surface area contributed by atoms with Crippen LogP contribution < -0.4 is 0 Å². The number of carboxylic acid groups (broad SMARTS) is 1. The van der Waals surface area contributed by atoms with Gasteiger partial charge in [-0.05, 0) is 6.42 Å². The highest BCUT2D eigenvalue weighted by Gasteiger charge is 2.31. The Kier molecular flexibility index (Phi) is 3.87. The van der Waals surface area contributed by atoms with Crippen molar-refractivity contribution in [3.63, 3.8) is 0 Å². The number of carbonyl (C=O) groups excluding carboxylic acids is 2. The second kappa shape index (κ2) is 4.96. The van der Waals surface area contributed by atoms with Crippen molar-refractivity contribution >= 4 is 17.8 Å². The zero-order valence-corrected chi connectivity index (χ0v) is 9.47. The van der Waals surface area contributed by atoms with Crippen molar-refractivity contribution < 1.29 is 19.5 Å². The molecule has 6 heteroatoms. The number of carbonyl (C=O) groups is 3. The third-order valence-corrected chi connectivity index (χ3v) is 2.67. The van der Waals surface area contributed by atoms with Gasteiger partial charge in [0, 0.05) is 27.1 Å². The second-order valence-corrected chi connectivity index (χ2v) is 4.14. The SMILES string of the molecule is CN(C)C(=O)CN1CC(C(=O)O)CCC1=O. The molecule has 6 nitrogen and oxygen atoms in total. The van der Waals surface area contributed by atoms with E-state index in [1.54, 1.807) is 14.1 Å². The smallest absolute Gasteiger partial charge is 0.308 e. The molecule has 1 aliphatic heterocycles. The zero-order chi connectivity index (χ0) is 12.3. The lowest BCUT2D eigenvalue weighted by Gasteiger charge is -2.30. The highest BCUT2D eigenvalue weighted by molar-refractivity contribution is 5.86. The first kappa shape index (κ1) is 12.5. The van der Waals surface area contributed by atoms with Crippen LogP contribution in [-0.2, 0) is 14.4 Å². The topological polar surface area (TPSA) is 77.9 Å². The van der Waals surface area contributed by atoms with Crippen molar-refractivity contribution in [3.8, 4) is 0 Å². The summed E-state index contributed by atoms with van der Waals surface area (Å²) in [4.78, 5) is 36.4. The van der Waals surface area contributed by atoms with Gasteiger partial charge in [0.05, 0.1) is 12.5 Å². The molecule has 0 aliphatic carbocycles. The number of hydrogen-bond acceptors (Lipinski definition) is 3. The Bertz CT molecular complexity index is 314. The third kappa shape index (κ3) is 2.95. The molecule has 0 spiro atoms. The van der Waals surface area contributed by atoms with Crippen molar-refractivity contribution in [1.82, 2.24) is 9.80 Å². The maximum atomic E-state index is 11.5. The van der Waals surface area contributed by atoms with Crippen LogP contribution in [0.4, 0.5) is 0 Å². The van der Waals surface area contributed by atoms with Crippen molar-refractivity contribution in [2.45, 2.75) is 12.8 Å². The molecule has 16 heavy (non-hydrogen) atoms.